The van der Waals surface area contributed by atoms with E-state index in [4.69, 9.17) is 0 Å². The van der Waals surface area contributed by atoms with Crippen molar-refractivity contribution in [3.05, 3.63) is 35.9 Å². The van der Waals surface area contributed by atoms with Gasteiger partial charge in [-0.3, -0.25) is 4.79 Å². The summed E-state index contributed by atoms with van der Waals surface area (Å²) >= 11 is 0. The van der Waals surface area contributed by atoms with Gasteiger partial charge in [-0.05, 0) is 18.9 Å². The molecule has 17 heavy (non-hydrogen) atoms. The lowest BCUT2D eigenvalue weighted by atomic mass is 10.1. The molecular formula is C15H23NO. The van der Waals surface area contributed by atoms with E-state index in [9.17, 15) is 4.79 Å². The number of amides is 1. The molecule has 94 valence electrons. The van der Waals surface area contributed by atoms with Crippen LogP contribution in [-0.4, -0.2) is 5.91 Å². The van der Waals surface area contributed by atoms with Gasteiger partial charge in [-0.1, -0.05) is 56.5 Å². The summed E-state index contributed by atoms with van der Waals surface area (Å²) in [5.41, 5.74) is 1.16. The first-order chi connectivity index (χ1) is 8.24. The molecule has 1 amide bonds. The number of unbranched alkanes of at least 4 members (excludes halogenated alkanes) is 3. The Morgan fingerprint density at radius 2 is 1.88 bits per heavy atom. The van der Waals surface area contributed by atoms with Crippen LogP contribution in [0.25, 0.3) is 0 Å². The number of carbonyl (C=O) groups excluding carboxylic acids is 1. The van der Waals surface area contributed by atoms with Crippen molar-refractivity contribution in [2.24, 2.45) is 0 Å². The van der Waals surface area contributed by atoms with Crippen molar-refractivity contribution >= 4 is 5.91 Å². The Labute approximate surface area is 104 Å². The Morgan fingerprint density at radius 3 is 2.53 bits per heavy atom. The molecule has 0 saturated carbocycles. The molecule has 0 saturated heterocycles. The molecule has 0 aromatic heterocycles. The molecule has 0 radical (unpaired) electrons. The number of rotatable bonds is 7. The highest BCUT2D eigenvalue weighted by atomic mass is 16.1. The van der Waals surface area contributed by atoms with Crippen LogP contribution >= 0.6 is 0 Å². The third-order valence-corrected chi connectivity index (χ3v) is 2.93. The molecule has 2 heteroatoms. The molecule has 2 nitrogen and oxygen atoms in total. The summed E-state index contributed by atoms with van der Waals surface area (Å²) in [6, 6.07) is 10.2. The fourth-order valence-corrected chi connectivity index (χ4v) is 1.85. The van der Waals surface area contributed by atoms with Crippen molar-refractivity contribution in [3.8, 4) is 0 Å². The molecule has 0 aliphatic rings. The van der Waals surface area contributed by atoms with E-state index >= 15 is 0 Å². The minimum absolute atomic E-state index is 0.106. The predicted octanol–water partition coefficient (Wildman–Crippen LogP) is 3.83. The van der Waals surface area contributed by atoms with Gasteiger partial charge in [0.05, 0.1) is 6.04 Å². The van der Waals surface area contributed by atoms with Crippen molar-refractivity contribution in [2.45, 2.75) is 52.0 Å². The summed E-state index contributed by atoms with van der Waals surface area (Å²) in [5.74, 6) is 0.164. The number of hydrogen-bond acceptors (Lipinski definition) is 1. The van der Waals surface area contributed by atoms with E-state index in [1.54, 1.807) is 0 Å². The highest BCUT2D eigenvalue weighted by molar-refractivity contribution is 5.76. The molecule has 0 bridgehead atoms. The number of carbonyl (C=O) groups is 1. The minimum Gasteiger partial charge on any atom is -0.350 e. The van der Waals surface area contributed by atoms with Gasteiger partial charge < -0.3 is 5.32 Å². The lowest BCUT2D eigenvalue weighted by Crippen LogP contribution is -2.26. The fraction of sp³-hybridized carbons (Fsp3) is 0.533. The maximum absolute atomic E-state index is 11.7. The van der Waals surface area contributed by atoms with Crippen molar-refractivity contribution < 1.29 is 4.79 Å². The fourth-order valence-electron chi connectivity index (χ4n) is 1.85. The van der Waals surface area contributed by atoms with Crippen LogP contribution in [0.1, 0.15) is 57.6 Å². The molecular weight excluding hydrogens is 210 g/mol. The summed E-state index contributed by atoms with van der Waals surface area (Å²) in [6.07, 6.45) is 5.24. The topological polar surface area (TPSA) is 29.1 Å². The highest BCUT2D eigenvalue weighted by Gasteiger charge is 2.08. The Balaban J connectivity index is 2.26. The second-order valence-electron chi connectivity index (χ2n) is 4.51. The van der Waals surface area contributed by atoms with Crippen LogP contribution < -0.4 is 5.32 Å². The zero-order valence-electron chi connectivity index (χ0n) is 10.9. The smallest absolute Gasteiger partial charge is 0.220 e. The lowest BCUT2D eigenvalue weighted by molar-refractivity contribution is -0.121. The molecule has 0 spiro atoms. The molecule has 1 rings (SSSR count). The summed E-state index contributed by atoms with van der Waals surface area (Å²) in [7, 11) is 0. The molecule has 1 N–H and O–H groups in total. The number of hydrogen-bond donors (Lipinski definition) is 1. The van der Waals surface area contributed by atoms with Gasteiger partial charge in [-0.15, -0.1) is 0 Å². The molecule has 1 aromatic carbocycles. The Morgan fingerprint density at radius 1 is 1.18 bits per heavy atom. The Hall–Kier alpha value is -1.31. The van der Waals surface area contributed by atoms with Crippen LogP contribution in [0.15, 0.2) is 30.3 Å². The average Bonchev–Trinajstić information content (AvgIpc) is 2.36. The maximum atomic E-state index is 11.7. The van der Waals surface area contributed by atoms with Crippen molar-refractivity contribution in [1.29, 1.82) is 0 Å². The van der Waals surface area contributed by atoms with Gasteiger partial charge in [0.15, 0.2) is 0 Å². The molecule has 1 atom stereocenters. The van der Waals surface area contributed by atoms with Crippen LogP contribution in [0, 0.1) is 0 Å². The van der Waals surface area contributed by atoms with E-state index in [1.807, 2.05) is 37.3 Å². The molecule has 0 aliphatic carbocycles. The Kier molecular flexibility index (Phi) is 6.38. The van der Waals surface area contributed by atoms with E-state index in [0.29, 0.717) is 6.42 Å². The standard InChI is InChI=1S/C15H23NO/c1-3-4-5-9-12-15(17)16-13(2)14-10-7-6-8-11-14/h6-8,10-11,13H,3-5,9,12H2,1-2H3,(H,16,17)/t13-/m1/s1. The van der Waals surface area contributed by atoms with Crippen molar-refractivity contribution in [3.63, 3.8) is 0 Å². The van der Waals surface area contributed by atoms with E-state index in [-0.39, 0.29) is 11.9 Å². The van der Waals surface area contributed by atoms with Gasteiger partial charge in [0, 0.05) is 6.42 Å². The summed E-state index contributed by atoms with van der Waals surface area (Å²) in [5, 5.41) is 3.03. The van der Waals surface area contributed by atoms with E-state index < -0.39 is 0 Å². The quantitative estimate of drug-likeness (QED) is 0.712. The highest BCUT2D eigenvalue weighted by Crippen LogP contribution is 2.11. The largest absolute Gasteiger partial charge is 0.350 e. The normalized spacial score (nSPS) is 12.1. The minimum atomic E-state index is 0.106. The molecule has 0 unspecified atom stereocenters. The number of nitrogens with one attached hydrogen (secondary N) is 1. The third kappa shape index (κ3) is 5.53. The molecule has 1 aromatic rings. The first kappa shape index (κ1) is 13.8. The van der Waals surface area contributed by atoms with Crippen molar-refractivity contribution in [1.82, 2.24) is 5.32 Å². The second-order valence-corrected chi connectivity index (χ2v) is 4.51. The summed E-state index contributed by atoms with van der Waals surface area (Å²) < 4.78 is 0. The van der Waals surface area contributed by atoms with Gasteiger partial charge in [0.2, 0.25) is 5.91 Å². The maximum Gasteiger partial charge on any atom is 0.220 e. The van der Waals surface area contributed by atoms with E-state index in [2.05, 4.69) is 12.2 Å². The summed E-state index contributed by atoms with van der Waals surface area (Å²) in [6.45, 7) is 4.21. The third-order valence-electron chi connectivity index (χ3n) is 2.93. The monoisotopic (exact) mass is 233 g/mol. The van der Waals surface area contributed by atoms with Gasteiger partial charge in [0.1, 0.15) is 0 Å². The second kappa shape index (κ2) is 7.88. The molecule has 0 heterocycles. The zero-order chi connectivity index (χ0) is 12.5. The summed E-state index contributed by atoms with van der Waals surface area (Å²) in [4.78, 5) is 11.7. The van der Waals surface area contributed by atoms with Crippen LogP contribution in [0.4, 0.5) is 0 Å². The molecule has 0 fully saturated rings. The van der Waals surface area contributed by atoms with Gasteiger partial charge in [-0.25, -0.2) is 0 Å². The van der Waals surface area contributed by atoms with E-state index in [1.165, 1.54) is 12.8 Å². The number of benzene rings is 1. The first-order valence-electron chi connectivity index (χ1n) is 6.58. The van der Waals surface area contributed by atoms with Gasteiger partial charge in [-0.2, -0.15) is 0 Å². The van der Waals surface area contributed by atoms with Gasteiger partial charge >= 0.3 is 0 Å². The van der Waals surface area contributed by atoms with Crippen LogP contribution in [-0.2, 0) is 4.79 Å². The SMILES string of the molecule is CCCCCCC(=O)N[C@H](C)c1ccccc1. The predicted molar refractivity (Wildman–Crippen MR) is 71.8 cm³/mol. The Bertz CT molecular complexity index is 321. The van der Waals surface area contributed by atoms with Crippen LogP contribution in [0.3, 0.4) is 0 Å². The van der Waals surface area contributed by atoms with Crippen LogP contribution in [0.2, 0.25) is 0 Å². The van der Waals surface area contributed by atoms with Gasteiger partial charge in [0.25, 0.3) is 0 Å². The molecule has 0 aliphatic heterocycles. The van der Waals surface area contributed by atoms with Crippen molar-refractivity contribution in [2.75, 3.05) is 0 Å². The lowest BCUT2D eigenvalue weighted by Gasteiger charge is -2.14. The van der Waals surface area contributed by atoms with Crippen LogP contribution in [0.5, 0.6) is 0 Å². The average molecular weight is 233 g/mol. The first-order valence-corrected chi connectivity index (χ1v) is 6.58. The zero-order valence-corrected chi connectivity index (χ0v) is 10.9. The van der Waals surface area contributed by atoms with E-state index in [0.717, 1.165) is 18.4 Å².